The molecule has 0 aliphatic carbocycles. The third-order valence-electron chi connectivity index (χ3n) is 1.71. The van der Waals surface area contributed by atoms with Crippen LogP contribution in [0.25, 0.3) is 12.2 Å². The highest BCUT2D eigenvalue weighted by atomic mass is 35.5. The van der Waals surface area contributed by atoms with Crippen LogP contribution in [0.15, 0.2) is 36.4 Å². The summed E-state index contributed by atoms with van der Waals surface area (Å²) < 4.78 is 0. The maximum Gasteiger partial charge on any atom is 0.0407 e. The van der Waals surface area contributed by atoms with Gasteiger partial charge in [0.2, 0.25) is 0 Å². The minimum Gasteiger partial charge on any atom is -0.122 e. The molecular formula is C12H12Cl2. The molecule has 0 saturated heterocycles. The molecule has 1 aromatic carbocycles. The molecule has 0 spiro atoms. The van der Waals surface area contributed by atoms with Gasteiger partial charge in [-0.05, 0) is 17.2 Å². The zero-order valence-corrected chi connectivity index (χ0v) is 9.30. The van der Waals surface area contributed by atoms with Gasteiger partial charge in [0, 0.05) is 11.8 Å². The molecule has 0 bridgehead atoms. The van der Waals surface area contributed by atoms with Crippen molar-refractivity contribution < 1.29 is 0 Å². The van der Waals surface area contributed by atoms with E-state index in [2.05, 4.69) is 6.07 Å². The topological polar surface area (TPSA) is 0 Å². The summed E-state index contributed by atoms with van der Waals surface area (Å²) >= 11 is 11.1. The summed E-state index contributed by atoms with van der Waals surface area (Å²) in [5, 5.41) is 0. The van der Waals surface area contributed by atoms with Gasteiger partial charge < -0.3 is 0 Å². The Bertz CT molecular complexity index is 298. The van der Waals surface area contributed by atoms with Crippen molar-refractivity contribution in [3.8, 4) is 0 Å². The number of hydrogen-bond acceptors (Lipinski definition) is 0. The van der Waals surface area contributed by atoms with Crippen molar-refractivity contribution >= 4 is 35.4 Å². The summed E-state index contributed by atoms with van der Waals surface area (Å²) in [5.41, 5.74) is 2.31. The van der Waals surface area contributed by atoms with Crippen LogP contribution in [0.5, 0.6) is 0 Å². The van der Waals surface area contributed by atoms with Crippen LogP contribution < -0.4 is 0 Å². The molecule has 0 heterocycles. The third-order valence-corrected chi connectivity index (χ3v) is 2.07. The smallest absolute Gasteiger partial charge is 0.0407 e. The zero-order chi connectivity index (χ0) is 10.2. The lowest BCUT2D eigenvalue weighted by molar-refractivity contribution is 1.60. The molecule has 0 amide bonds. The van der Waals surface area contributed by atoms with Gasteiger partial charge in [0.1, 0.15) is 0 Å². The molecule has 0 fully saturated rings. The number of benzene rings is 1. The van der Waals surface area contributed by atoms with E-state index >= 15 is 0 Å². The Labute approximate surface area is 94.8 Å². The zero-order valence-electron chi connectivity index (χ0n) is 7.79. The molecule has 2 heteroatoms. The second-order valence-electron chi connectivity index (χ2n) is 2.78. The van der Waals surface area contributed by atoms with E-state index in [0.29, 0.717) is 11.8 Å². The molecule has 0 aliphatic rings. The van der Waals surface area contributed by atoms with Gasteiger partial charge in [0.25, 0.3) is 0 Å². The van der Waals surface area contributed by atoms with Crippen LogP contribution in [-0.2, 0) is 0 Å². The van der Waals surface area contributed by atoms with Crippen molar-refractivity contribution in [2.24, 2.45) is 0 Å². The number of alkyl halides is 2. The van der Waals surface area contributed by atoms with Gasteiger partial charge in [0.15, 0.2) is 0 Å². The summed E-state index contributed by atoms with van der Waals surface area (Å²) in [7, 11) is 0. The molecule has 14 heavy (non-hydrogen) atoms. The molecule has 0 radical (unpaired) electrons. The van der Waals surface area contributed by atoms with Crippen LogP contribution in [0.3, 0.4) is 0 Å². The first-order chi connectivity index (χ1) is 6.86. The molecule has 0 nitrogen and oxygen atoms in total. The number of allylic oxidation sites excluding steroid dienone is 2. The van der Waals surface area contributed by atoms with Gasteiger partial charge in [0.05, 0.1) is 0 Å². The molecule has 1 rings (SSSR count). The van der Waals surface area contributed by atoms with Gasteiger partial charge >= 0.3 is 0 Å². The van der Waals surface area contributed by atoms with E-state index in [9.17, 15) is 0 Å². The van der Waals surface area contributed by atoms with Gasteiger partial charge in [-0.1, -0.05) is 42.5 Å². The molecular weight excluding hydrogens is 215 g/mol. The summed E-state index contributed by atoms with van der Waals surface area (Å²) in [4.78, 5) is 0. The molecule has 0 aliphatic heterocycles. The predicted octanol–water partition coefficient (Wildman–Crippen LogP) is 4.19. The fourth-order valence-electron chi connectivity index (χ4n) is 1.13. The van der Waals surface area contributed by atoms with Crippen LogP contribution in [0, 0.1) is 0 Å². The molecule has 0 atom stereocenters. The Hall–Kier alpha value is -0.720. The van der Waals surface area contributed by atoms with Gasteiger partial charge in [-0.2, -0.15) is 0 Å². The SMILES string of the molecule is ClC/C=C/c1cccc(/C=C/CCl)c1. The highest BCUT2D eigenvalue weighted by molar-refractivity contribution is 6.19. The monoisotopic (exact) mass is 226 g/mol. The highest BCUT2D eigenvalue weighted by Crippen LogP contribution is 2.09. The number of rotatable bonds is 4. The quantitative estimate of drug-likeness (QED) is 0.676. The van der Waals surface area contributed by atoms with E-state index in [0.717, 1.165) is 11.1 Å². The minimum atomic E-state index is 0.543. The Kier molecular flexibility index (Phi) is 5.43. The number of hydrogen-bond donors (Lipinski definition) is 0. The van der Waals surface area contributed by atoms with Crippen molar-refractivity contribution in [3.05, 3.63) is 47.5 Å². The van der Waals surface area contributed by atoms with Crippen LogP contribution in [0.4, 0.5) is 0 Å². The first kappa shape index (κ1) is 11.4. The molecule has 0 aromatic heterocycles. The van der Waals surface area contributed by atoms with Gasteiger partial charge in [-0.3, -0.25) is 0 Å². The predicted molar refractivity (Wildman–Crippen MR) is 66.0 cm³/mol. The fourth-order valence-corrected chi connectivity index (χ4v) is 1.31. The molecule has 74 valence electrons. The summed E-state index contributed by atoms with van der Waals surface area (Å²) in [5.74, 6) is 1.09. The van der Waals surface area contributed by atoms with E-state index in [-0.39, 0.29) is 0 Å². The Morgan fingerprint density at radius 2 is 1.43 bits per heavy atom. The van der Waals surface area contributed by atoms with Crippen LogP contribution in [-0.4, -0.2) is 11.8 Å². The van der Waals surface area contributed by atoms with Gasteiger partial charge in [-0.15, -0.1) is 23.2 Å². The first-order valence-corrected chi connectivity index (χ1v) is 5.49. The molecule has 0 N–H and O–H groups in total. The van der Waals surface area contributed by atoms with Crippen molar-refractivity contribution in [1.29, 1.82) is 0 Å². The van der Waals surface area contributed by atoms with Crippen molar-refractivity contribution in [1.82, 2.24) is 0 Å². The fraction of sp³-hybridized carbons (Fsp3) is 0.167. The number of halogens is 2. The third kappa shape index (κ3) is 3.99. The lowest BCUT2D eigenvalue weighted by atomic mass is 10.1. The van der Waals surface area contributed by atoms with Gasteiger partial charge in [-0.25, -0.2) is 0 Å². The lowest BCUT2D eigenvalue weighted by Gasteiger charge is -1.95. The minimum absolute atomic E-state index is 0.543. The Balaban J connectivity index is 2.78. The lowest BCUT2D eigenvalue weighted by Crippen LogP contribution is -1.76. The molecule has 0 saturated carbocycles. The maximum absolute atomic E-state index is 5.56. The normalized spacial score (nSPS) is 11.6. The van der Waals surface area contributed by atoms with Crippen molar-refractivity contribution in [2.75, 3.05) is 11.8 Å². The summed E-state index contributed by atoms with van der Waals surface area (Å²) in [6.45, 7) is 0. The molecule has 1 aromatic rings. The summed E-state index contributed by atoms with van der Waals surface area (Å²) in [6.07, 6.45) is 7.86. The second kappa shape index (κ2) is 6.69. The van der Waals surface area contributed by atoms with Crippen molar-refractivity contribution in [3.63, 3.8) is 0 Å². The van der Waals surface area contributed by atoms with Crippen LogP contribution in [0.1, 0.15) is 11.1 Å². The largest absolute Gasteiger partial charge is 0.122 e. The average Bonchev–Trinajstić information content (AvgIpc) is 2.24. The van der Waals surface area contributed by atoms with E-state index in [4.69, 9.17) is 23.2 Å². The average molecular weight is 227 g/mol. The van der Waals surface area contributed by atoms with E-state index in [1.54, 1.807) is 0 Å². The van der Waals surface area contributed by atoms with Crippen LogP contribution in [0.2, 0.25) is 0 Å². The van der Waals surface area contributed by atoms with Crippen molar-refractivity contribution in [2.45, 2.75) is 0 Å². The summed E-state index contributed by atoms with van der Waals surface area (Å²) in [6, 6.07) is 8.19. The Morgan fingerprint density at radius 1 is 0.929 bits per heavy atom. The first-order valence-electron chi connectivity index (χ1n) is 4.42. The van der Waals surface area contributed by atoms with Crippen LogP contribution >= 0.6 is 23.2 Å². The van der Waals surface area contributed by atoms with E-state index in [1.807, 2.05) is 42.5 Å². The second-order valence-corrected chi connectivity index (χ2v) is 3.40. The van der Waals surface area contributed by atoms with E-state index < -0.39 is 0 Å². The Morgan fingerprint density at radius 3 is 1.86 bits per heavy atom. The maximum atomic E-state index is 5.56. The van der Waals surface area contributed by atoms with E-state index in [1.165, 1.54) is 0 Å². The standard InChI is InChI=1S/C12H12Cl2/c13-8-2-6-11-4-1-5-12(10-11)7-3-9-14/h1-7,10H,8-9H2/b6-2+,7-3+. The molecule has 0 unspecified atom stereocenters. The highest BCUT2D eigenvalue weighted by Gasteiger charge is 1.88.